The second-order valence-corrected chi connectivity index (χ2v) is 6.90. The summed E-state index contributed by atoms with van der Waals surface area (Å²) in [6.45, 7) is 4.89. The fourth-order valence-corrected chi connectivity index (χ4v) is 2.43. The minimum absolute atomic E-state index is 0. The summed E-state index contributed by atoms with van der Waals surface area (Å²) in [7, 11) is 0. The molecule has 0 saturated heterocycles. The first-order valence-electron chi connectivity index (χ1n) is 9.44. The third kappa shape index (κ3) is 20.2. The van der Waals surface area contributed by atoms with Crippen molar-refractivity contribution in [1.82, 2.24) is 0 Å². The summed E-state index contributed by atoms with van der Waals surface area (Å²) in [4.78, 5) is 32.7. The van der Waals surface area contributed by atoms with Crippen LogP contribution in [0.3, 0.4) is 0 Å². The van der Waals surface area contributed by atoms with Crippen LogP contribution in [-0.4, -0.2) is 23.1 Å². The number of aryl methyl sites for hydroxylation is 1. The molecule has 0 fully saturated rings. The van der Waals surface area contributed by atoms with Gasteiger partial charge in [0, 0.05) is 16.5 Å². The molecule has 0 spiro atoms. The summed E-state index contributed by atoms with van der Waals surface area (Å²) >= 11 is 3.36. The van der Waals surface area contributed by atoms with Gasteiger partial charge in [-0.15, -0.1) is 0 Å². The van der Waals surface area contributed by atoms with Gasteiger partial charge in [-0.05, 0) is 50.6 Å². The number of benzene rings is 3. The van der Waals surface area contributed by atoms with Crippen LogP contribution in [0.25, 0.3) is 0 Å². The molecule has 0 saturated carbocycles. The van der Waals surface area contributed by atoms with E-state index in [-0.39, 0.29) is 128 Å². The Kier molecular flexibility index (Phi) is 27.9. The summed E-state index contributed by atoms with van der Waals surface area (Å²) in [5.41, 5.74) is 3.92. The molecule has 34 heavy (non-hydrogen) atoms. The van der Waals surface area contributed by atoms with E-state index in [1.165, 1.54) is 30.2 Å². The summed E-state index contributed by atoms with van der Waals surface area (Å²) in [6.07, 6.45) is 0. The first-order chi connectivity index (χ1) is 15.2. The van der Waals surface area contributed by atoms with E-state index in [4.69, 9.17) is 15.2 Å². The molecule has 0 aliphatic carbocycles. The van der Waals surface area contributed by atoms with Crippen molar-refractivity contribution in [1.29, 1.82) is 0 Å². The van der Waals surface area contributed by atoms with Crippen molar-refractivity contribution < 1.29 is 134 Å². The normalized spacial score (nSPS) is 8.26. The van der Waals surface area contributed by atoms with E-state index >= 15 is 0 Å². The van der Waals surface area contributed by atoms with Crippen molar-refractivity contribution in [3.63, 3.8) is 0 Å². The first-order valence-corrected chi connectivity index (χ1v) is 10.6. The Balaban J connectivity index is -0.000000185. The van der Waals surface area contributed by atoms with Crippen LogP contribution in [-0.2, 0) is 15.0 Å². The van der Waals surface area contributed by atoms with E-state index in [0.717, 1.165) is 10.9 Å². The minimum atomic E-state index is -0.181. The summed E-state index contributed by atoms with van der Waals surface area (Å²) in [5.74, 6) is 0.324. The van der Waals surface area contributed by atoms with Crippen molar-refractivity contribution in [2.75, 3.05) is 0 Å². The van der Waals surface area contributed by atoms with Crippen LogP contribution in [0.4, 0.5) is 0 Å². The summed E-state index contributed by atoms with van der Waals surface area (Å²) in [5, 5.41) is 18.2. The van der Waals surface area contributed by atoms with Crippen LogP contribution < -0.4 is 108 Å². The molecule has 0 aliphatic heterocycles. The molecule has 1 N–H and O–H groups in total. The minimum Gasteiger partial charge on any atom is -1.00 e. The fraction of sp³-hybridized carbons (Fsp3) is 0.160. The number of halogens is 1. The predicted octanol–water partition coefficient (Wildman–Crippen LogP) is -1.07. The van der Waals surface area contributed by atoms with Crippen molar-refractivity contribution in [2.45, 2.75) is 26.1 Å². The maximum Gasteiger partial charge on any atom is 1.00 e. The van der Waals surface area contributed by atoms with Gasteiger partial charge in [-0.1, -0.05) is 76.1 Å². The van der Waals surface area contributed by atoms with Gasteiger partial charge in [0.15, 0.2) is 11.6 Å². The Hall–Kier alpha value is -0.0173. The molecule has 0 radical (unpaired) electrons. The Morgan fingerprint density at radius 3 is 1.56 bits per heavy atom. The number of carbonyl (C=O) groups excluding carboxylic acids is 3. The third-order valence-electron chi connectivity index (χ3n) is 3.77. The molecule has 0 aromatic heterocycles. The third-order valence-corrected chi connectivity index (χ3v) is 4.42. The molecule has 0 unspecified atom stereocenters. The van der Waals surface area contributed by atoms with Gasteiger partial charge in [0.05, 0.1) is 0 Å². The Morgan fingerprint density at radius 1 is 0.882 bits per heavy atom. The molecule has 0 bridgehead atoms. The number of phenols is 1. The molecule has 0 amide bonds. The van der Waals surface area contributed by atoms with Gasteiger partial charge in [0.25, 0.3) is 6.47 Å². The fourth-order valence-electron chi connectivity index (χ4n) is 2.05. The number of ketones is 2. The largest absolute Gasteiger partial charge is 1.00 e. The Morgan fingerprint density at radius 2 is 1.26 bits per heavy atom. The second kappa shape index (κ2) is 24.7. The second-order valence-electron chi connectivity index (χ2n) is 6.34. The molecule has 0 atom stereocenters. The first kappa shape index (κ1) is 38.5. The zero-order chi connectivity index (χ0) is 24.4. The van der Waals surface area contributed by atoms with Crippen LogP contribution in [0, 0.1) is 6.92 Å². The number of Topliss-reactive ketones (excluding diaryl/α,β-unsaturated/α-hetero) is 2. The topological polar surface area (TPSA) is 104 Å². The van der Waals surface area contributed by atoms with Crippen LogP contribution in [0.2, 0.25) is 0 Å². The number of hydrogen-bond acceptors (Lipinski definition) is 6. The van der Waals surface area contributed by atoms with Gasteiger partial charge < -0.3 is 16.7 Å². The van der Waals surface area contributed by atoms with Crippen molar-refractivity contribution in [2.24, 2.45) is 0 Å². The van der Waals surface area contributed by atoms with E-state index in [2.05, 4.69) is 33.0 Å². The average Bonchev–Trinajstić information content (AvgIpc) is 2.81. The standard InChI is InChI=1S/C9H10O.C8H8O2.C7H7Br.CH2O3.2K.H/c1-7-3-5-9(6-4-7)8(2)10;1-6(9)7-2-4-8(10)5-3-7;8-6-7-4-2-1-3-5-7;2-1-4-3;;;/h3-6H,1-2H3;2-5,10H,1H3;1-5H,6H2;1,3H;;;/q;;;;2*+1;-1/p-1. The molecule has 6 nitrogen and oxygen atoms in total. The average molecular weight is 582 g/mol. The number of carbonyl (C=O) groups is 3. The molecule has 0 aliphatic rings. The van der Waals surface area contributed by atoms with E-state index in [1.54, 1.807) is 19.1 Å². The van der Waals surface area contributed by atoms with Gasteiger partial charge in [0.2, 0.25) is 0 Å². The van der Waals surface area contributed by atoms with Crippen molar-refractivity contribution in [3.05, 3.63) is 101 Å². The van der Waals surface area contributed by atoms with Crippen LogP contribution in [0.5, 0.6) is 5.75 Å². The summed E-state index contributed by atoms with van der Waals surface area (Å²) in [6, 6.07) is 24.0. The van der Waals surface area contributed by atoms with Gasteiger partial charge in [-0.3, -0.25) is 14.4 Å². The molecule has 0 heterocycles. The van der Waals surface area contributed by atoms with E-state index in [1.807, 2.05) is 49.4 Å². The summed E-state index contributed by atoms with van der Waals surface area (Å²) < 4.78 is 0. The smallest absolute Gasteiger partial charge is 1.00 e. The maximum atomic E-state index is 10.8. The van der Waals surface area contributed by atoms with E-state index in [0.29, 0.717) is 5.56 Å². The number of alkyl halides is 1. The zero-order valence-corrected chi connectivity index (χ0v) is 28.0. The number of aromatic hydroxyl groups is 1. The number of phenolic OH excluding ortho intramolecular Hbond substituents is 1. The Labute approximate surface area is 295 Å². The van der Waals surface area contributed by atoms with Crippen LogP contribution >= 0.6 is 15.9 Å². The predicted molar refractivity (Wildman–Crippen MR) is 127 cm³/mol. The van der Waals surface area contributed by atoms with Crippen molar-refractivity contribution in [3.8, 4) is 5.75 Å². The van der Waals surface area contributed by atoms with Crippen LogP contribution in [0.15, 0.2) is 78.9 Å². The van der Waals surface area contributed by atoms with Gasteiger partial charge in [-0.25, -0.2) is 0 Å². The molecule has 172 valence electrons. The number of hydrogen-bond donors (Lipinski definition) is 1. The zero-order valence-electron chi connectivity index (χ0n) is 21.2. The van der Waals surface area contributed by atoms with Gasteiger partial charge >= 0.3 is 103 Å². The molecular formula is C25H27BrK2O6. The SMILES string of the molecule is BrCc1ccccc1.CC(=O)c1ccc(C)cc1.CC(=O)c1ccc(O)cc1.O=CO[O-].[H-].[K+].[K+]. The van der Waals surface area contributed by atoms with Crippen LogP contribution in [0.1, 0.15) is 47.1 Å². The molecular weight excluding hydrogens is 554 g/mol. The molecule has 3 rings (SSSR count). The van der Waals surface area contributed by atoms with Gasteiger partial charge in [0.1, 0.15) is 5.75 Å². The van der Waals surface area contributed by atoms with Gasteiger partial charge in [-0.2, -0.15) is 0 Å². The monoisotopic (exact) mass is 580 g/mol. The molecule has 9 heteroatoms. The van der Waals surface area contributed by atoms with E-state index < -0.39 is 0 Å². The Bertz CT molecular complexity index is 885. The van der Waals surface area contributed by atoms with E-state index in [9.17, 15) is 9.59 Å². The quantitative estimate of drug-likeness (QED) is 0.105. The number of rotatable bonds is 4. The molecule has 3 aromatic carbocycles. The molecule has 3 aromatic rings. The van der Waals surface area contributed by atoms with Crippen molar-refractivity contribution >= 4 is 34.0 Å². The maximum absolute atomic E-state index is 10.8.